The molecule has 1 aromatic rings. The van der Waals surface area contributed by atoms with Gasteiger partial charge in [0.25, 0.3) is 0 Å². The third kappa shape index (κ3) is 5.30. The molecule has 0 fully saturated rings. The smallest absolute Gasteiger partial charge is 0.0903 e. The minimum absolute atomic E-state index is 0.357. The Morgan fingerprint density at radius 2 is 2.07 bits per heavy atom. The SMILES string of the molecule is CC(C)CCOCCC(O)c1cccs1. The van der Waals surface area contributed by atoms with Gasteiger partial charge in [0.05, 0.1) is 6.10 Å². The predicted octanol–water partition coefficient (Wildman–Crippen LogP) is 3.23. The van der Waals surface area contributed by atoms with Crippen molar-refractivity contribution >= 4 is 11.3 Å². The lowest BCUT2D eigenvalue weighted by atomic mass is 10.1. The Bertz CT molecular complexity index is 244. The maximum absolute atomic E-state index is 9.75. The zero-order chi connectivity index (χ0) is 11.1. The maximum atomic E-state index is 9.75. The molecular weight excluding hydrogens is 208 g/mol. The number of aliphatic hydroxyl groups excluding tert-OH is 1. The Labute approximate surface area is 95.9 Å². The summed E-state index contributed by atoms with van der Waals surface area (Å²) < 4.78 is 5.46. The van der Waals surface area contributed by atoms with E-state index in [9.17, 15) is 5.11 Å². The highest BCUT2D eigenvalue weighted by atomic mass is 32.1. The van der Waals surface area contributed by atoms with E-state index in [4.69, 9.17) is 4.74 Å². The van der Waals surface area contributed by atoms with Crippen molar-refractivity contribution in [1.82, 2.24) is 0 Å². The molecule has 1 rings (SSSR count). The van der Waals surface area contributed by atoms with Crippen molar-refractivity contribution in [3.63, 3.8) is 0 Å². The Morgan fingerprint density at radius 3 is 2.67 bits per heavy atom. The van der Waals surface area contributed by atoms with E-state index < -0.39 is 0 Å². The van der Waals surface area contributed by atoms with Gasteiger partial charge in [-0.15, -0.1) is 11.3 Å². The van der Waals surface area contributed by atoms with Crippen LogP contribution in [-0.4, -0.2) is 18.3 Å². The van der Waals surface area contributed by atoms with Gasteiger partial charge in [-0.25, -0.2) is 0 Å². The van der Waals surface area contributed by atoms with Gasteiger partial charge in [-0.3, -0.25) is 0 Å². The molecular formula is C12H20O2S. The average molecular weight is 228 g/mol. The summed E-state index contributed by atoms with van der Waals surface area (Å²) in [5, 5.41) is 11.7. The first-order valence-electron chi connectivity index (χ1n) is 5.49. The molecule has 15 heavy (non-hydrogen) atoms. The second-order valence-electron chi connectivity index (χ2n) is 4.11. The second-order valence-corrected chi connectivity index (χ2v) is 5.09. The van der Waals surface area contributed by atoms with Crippen molar-refractivity contribution < 1.29 is 9.84 Å². The molecule has 0 amide bonds. The minimum Gasteiger partial charge on any atom is -0.387 e. The van der Waals surface area contributed by atoms with E-state index in [1.807, 2.05) is 17.5 Å². The van der Waals surface area contributed by atoms with Crippen LogP contribution in [0.2, 0.25) is 0 Å². The Morgan fingerprint density at radius 1 is 1.33 bits per heavy atom. The van der Waals surface area contributed by atoms with Gasteiger partial charge in [-0.2, -0.15) is 0 Å². The number of ether oxygens (including phenoxy) is 1. The fourth-order valence-corrected chi connectivity index (χ4v) is 1.99. The van der Waals surface area contributed by atoms with Gasteiger partial charge in [0.1, 0.15) is 0 Å². The van der Waals surface area contributed by atoms with E-state index in [1.54, 1.807) is 11.3 Å². The van der Waals surface area contributed by atoms with Crippen LogP contribution in [0, 0.1) is 5.92 Å². The molecule has 1 atom stereocenters. The van der Waals surface area contributed by atoms with Crippen LogP contribution in [0.4, 0.5) is 0 Å². The molecule has 0 aliphatic carbocycles. The van der Waals surface area contributed by atoms with Crippen molar-refractivity contribution in [2.75, 3.05) is 13.2 Å². The zero-order valence-corrected chi connectivity index (χ0v) is 10.3. The summed E-state index contributed by atoms with van der Waals surface area (Å²) in [6.45, 7) is 5.81. The van der Waals surface area contributed by atoms with Crippen molar-refractivity contribution in [2.24, 2.45) is 5.92 Å². The Kier molecular flexibility index (Phi) is 5.91. The number of hydrogen-bond acceptors (Lipinski definition) is 3. The van der Waals surface area contributed by atoms with Gasteiger partial charge in [0.2, 0.25) is 0 Å². The van der Waals surface area contributed by atoms with Crippen molar-refractivity contribution in [3.05, 3.63) is 22.4 Å². The second kappa shape index (κ2) is 6.99. The fraction of sp³-hybridized carbons (Fsp3) is 0.667. The van der Waals surface area contributed by atoms with E-state index in [-0.39, 0.29) is 6.10 Å². The van der Waals surface area contributed by atoms with E-state index in [1.165, 1.54) is 0 Å². The van der Waals surface area contributed by atoms with Gasteiger partial charge in [-0.05, 0) is 23.8 Å². The van der Waals surface area contributed by atoms with Crippen molar-refractivity contribution in [3.8, 4) is 0 Å². The van der Waals surface area contributed by atoms with Crippen molar-refractivity contribution in [1.29, 1.82) is 0 Å². The first kappa shape index (κ1) is 12.7. The molecule has 0 saturated heterocycles. The standard InChI is InChI=1S/C12H20O2S/c1-10(2)5-7-14-8-6-11(13)12-4-3-9-15-12/h3-4,9-11,13H,5-8H2,1-2H3. The monoisotopic (exact) mass is 228 g/mol. The number of aliphatic hydroxyl groups is 1. The van der Waals surface area contributed by atoms with Gasteiger partial charge in [-0.1, -0.05) is 19.9 Å². The zero-order valence-electron chi connectivity index (χ0n) is 9.48. The lowest BCUT2D eigenvalue weighted by molar-refractivity contribution is 0.0780. The van der Waals surface area contributed by atoms with Gasteiger partial charge in [0.15, 0.2) is 0 Å². The summed E-state index contributed by atoms with van der Waals surface area (Å²) in [6, 6.07) is 3.92. The molecule has 0 aliphatic rings. The molecule has 0 aromatic carbocycles. The number of thiophene rings is 1. The summed E-state index contributed by atoms with van der Waals surface area (Å²) in [5.74, 6) is 0.687. The normalized spacial score (nSPS) is 13.3. The minimum atomic E-state index is -0.357. The molecule has 1 unspecified atom stereocenters. The molecule has 0 spiro atoms. The van der Waals surface area contributed by atoms with Crippen LogP contribution < -0.4 is 0 Å². The van der Waals surface area contributed by atoms with E-state index in [0.717, 1.165) is 17.9 Å². The van der Waals surface area contributed by atoms with Crippen LogP contribution in [0.25, 0.3) is 0 Å². The summed E-state index contributed by atoms with van der Waals surface area (Å²) in [5.41, 5.74) is 0. The number of rotatable bonds is 7. The van der Waals surface area contributed by atoms with Crippen molar-refractivity contribution in [2.45, 2.75) is 32.8 Å². The first-order valence-corrected chi connectivity index (χ1v) is 6.37. The van der Waals surface area contributed by atoms with E-state index in [0.29, 0.717) is 18.9 Å². The van der Waals surface area contributed by atoms with Gasteiger partial charge >= 0.3 is 0 Å². The third-order valence-corrected chi connectivity index (χ3v) is 3.22. The molecule has 1 N–H and O–H groups in total. The molecule has 1 aromatic heterocycles. The van der Waals surface area contributed by atoms with Crippen LogP contribution in [0.15, 0.2) is 17.5 Å². The Hall–Kier alpha value is -0.380. The molecule has 1 heterocycles. The van der Waals surface area contributed by atoms with Crippen LogP contribution in [0.3, 0.4) is 0 Å². The predicted molar refractivity (Wildman–Crippen MR) is 64.2 cm³/mol. The molecule has 0 aliphatic heterocycles. The summed E-state index contributed by atoms with van der Waals surface area (Å²) in [6.07, 6.45) is 1.43. The molecule has 3 heteroatoms. The summed E-state index contributed by atoms with van der Waals surface area (Å²) >= 11 is 1.59. The third-order valence-electron chi connectivity index (χ3n) is 2.25. The maximum Gasteiger partial charge on any atom is 0.0903 e. The average Bonchev–Trinajstić information content (AvgIpc) is 2.69. The molecule has 0 bridgehead atoms. The van der Waals surface area contributed by atoms with Crippen LogP contribution in [0.1, 0.15) is 37.7 Å². The van der Waals surface area contributed by atoms with Crippen LogP contribution >= 0.6 is 11.3 Å². The largest absolute Gasteiger partial charge is 0.387 e. The van der Waals surface area contributed by atoms with Crippen LogP contribution in [-0.2, 0) is 4.74 Å². The summed E-state index contributed by atoms with van der Waals surface area (Å²) in [7, 11) is 0. The van der Waals surface area contributed by atoms with E-state index >= 15 is 0 Å². The topological polar surface area (TPSA) is 29.5 Å². The molecule has 86 valence electrons. The number of hydrogen-bond donors (Lipinski definition) is 1. The highest BCUT2D eigenvalue weighted by molar-refractivity contribution is 7.10. The molecule has 0 radical (unpaired) electrons. The lowest BCUT2D eigenvalue weighted by Gasteiger charge is -2.09. The lowest BCUT2D eigenvalue weighted by Crippen LogP contribution is -2.04. The highest BCUT2D eigenvalue weighted by Crippen LogP contribution is 2.21. The first-order chi connectivity index (χ1) is 7.20. The van der Waals surface area contributed by atoms with Gasteiger partial charge < -0.3 is 9.84 Å². The summed E-state index contributed by atoms with van der Waals surface area (Å²) in [4.78, 5) is 1.03. The van der Waals surface area contributed by atoms with E-state index in [2.05, 4.69) is 13.8 Å². The quantitative estimate of drug-likeness (QED) is 0.726. The van der Waals surface area contributed by atoms with Crippen LogP contribution in [0.5, 0.6) is 0 Å². The fourth-order valence-electron chi connectivity index (χ4n) is 1.24. The van der Waals surface area contributed by atoms with Gasteiger partial charge in [0, 0.05) is 24.5 Å². The molecule has 2 nitrogen and oxygen atoms in total. The molecule has 0 saturated carbocycles. The highest BCUT2D eigenvalue weighted by Gasteiger charge is 2.07. The Balaban J connectivity index is 2.05.